The monoisotopic (exact) mass is 439 g/mol. The number of aryl methyl sites for hydroxylation is 3. The van der Waals surface area contributed by atoms with Crippen molar-refractivity contribution in [3.63, 3.8) is 0 Å². The first-order chi connectivity index (χ1) is 15.4. The molecule has 9 nitrogen and oxygen atoms in total. The third-order valence-corrected chi connectivity index (χ3v) is 6.26. The average Bonchev–Trinajstić information content (AvgIpc) is 3.39. The molecule has 172 valence electrons. The summed E-state index contributed by atoms with van der Waals surface area (Å²) in [5.74, 6) is 1.67. The highest BCUT2D eigenvalue weighted by Crippen LogP contribution is 2.23. The van der Waals surface area contributed by atoms with Crippen LogP contribution in [0.3, 0.4) is 0 Å². The Morgan fingerprint density at radius 1 is 0.969 bits per heavy atom. The number of rotatable bonds is 6. The lowest BCUT2D eigenvalue weighted by atomic mass is 9.93. The molecule has 2 fully saturated rings. The zero-order chi connectivity index (χ0) is 22.7. The van der Waals surface area contributed by atoms with Crippen LogP contribution < -0.4 is 5.32 Å². The molecule has 0 bridgehead atoms. The number of carbonyl (C=O) groups is 2. The zero-order valence-corrected chi connectivity index (χ0v) is 19.3. The van der Waals surface area contributed by atoms with Crippen LogP contribution in [0, 0.1) is 26.7 Å². The third kappa shape index (κ3) is 5.51. The van der Waals surface area contributed by atoms with Crippen molar-refractivity contribution in [2.24, 2.45) is 5.92 Å². The fourth-order valence-corrected chi connectivity index (χ4v) is 4.62. The molecule has 4 rings (SSSR count). The lowest BCUT2D eigenvalue weighted by Crippen LogP contribution is -2.40. The molecule has 32 heavy (non-hydrogen) atoms. The van der Waals surface area contributed by atoms with Gasteiger partial charge in [-0.3, -0.25) is 14.5 Å². The zero-order valence-electron chi connectivity index (χ0n) is 19.3. The van der Waals surface area contributed by atoms with Crippen molar-refractivity contribution in [2.75, 3.05) is 38.0 Å². The quantitative estimate of drug-likeness (QED) is 0.742. The Labute approximate surface area is 189 Å². The molecule has 0 spiro atoms. The van der Waals surface area contributed by atoms with Crippen LogP contribution in [0.1, 0.15) is 49.2 Å². The van der Waals surface area contributed by atoms with Gasteiger partial charge in [-0.2, -0.15) is 9.78 Å². The van der Waals surface area contributed by atoms with Crippen molar-refractivity contribution >= 4 is 17.6 Å². The van der Waals surface area contributed by atoms with Gasteiger partial charge in [0, 0.05) is 37.0 Å². The largest absolute Gasteiger partial charge is 0.343 e. The van der Waals surface area contributed by atoms with Gasteiger partial charge in [-0.25, -0.2) is 9.97 Å². The van der Waals surface area contributed by atoms with Crippen molar-refractivity contribution in [3.05, 3.63) is 29.2 Å². The topological polar surface area (TPSA) is 96.2 Å². The first-order valence-corrected chi connectivity index (χ1v) is 11.6. The van der Waals surface area contributed by atoms with Crippen molar-refractivity contribution in [1.29, 1.82) is 0 Å². The molecule has 0 aliphatic carbocycles. The SMILES string of the molecule is Cc1cc(C)nc(-n2nc(C)cc2NC(=O)CN2CCC(CC(=O)N3CCCC3)CC2)n1. The molecule has 2 aliphatic heterocycles. The van der Waals surface area contributed by atoms with E-state index in [-0.39, 0.29) is 5.91 Å². The molecular weight excluding hydrogens is 406 g/mol. The lowest BCUT2D eigenvalue weighted by molar-refractivity contribution is -0.131. The molecular formula is C23H33N7O2. The van der Waals surface area contributed by atoms with E-state index < -0.39 is 0 Å². The maximum absolute atomic E-state index is 12.7. The van der Waals surface area contributed by atoms with E-state index in [1.54, 1.807) is 4.68 Å². The minimum atomic E-state index is -0.0814. The van der Waals surface area contributed by atoms with Gasteiger partial charge in [0.05, 0.1) is 12.2 Å². The number of nitrogens with one attached hydrogen (secondary N) is 1. The summed E-state index contributed by atoms with van der Waals surface area (Å²) < 4.78 is 1.59. The highest BCUT2D eigenvalue weighted by Gasteiger charge is 2.26. The van der Waals surface area contributed by atoms with Gasteiger partial charge in [-0.15, -0.1) is 0 Å². The summed E-state index contributed by atoms with van der Waals surface area (Å²) in [5.41, 5.74) is 2.49. The summed E-state index contributed by atoms with van der Waals surface area (Å²) in [5, 5.41) is 7.44. The normalized spacial score (nSPS) is 17.7. The predicted molar refractivity (Wildman–Crippen MR) is 122 cm³/mol. The summed E-state index contributed by atoms with van der Waals surface area (Å²) in [6, 6.07) is 3.73. The molecule has 0 unspecified atom stereocenters. The minimum Gasteiger partial charge on any atom is -0.343 e. The van der Waals surface area contributed by atoms with Gasteiger partial charge in [0.1, 0.15) is 5.82 Å². The summed E-state index contributed by atoms with van der Waals surface area (Å²) >= 11 is 0. The lowest BCUT2D eigenvalue weighted by Gasteiger charge is -2.31. The van der Waals surface area contributed by atoms with Gasteiger partial charge < -0.3 is 10.2 Å². The van der Waals surface area contributed by atoms with Crippen LogP contribution in [0.4, 0.5) is 5.82 Å². The Kier molecular flexibility index (Phi) is 6.83. The highest BCUT2D eigenvalue weighted by atomic mass is 16.2. The van der Waals surface area contributed by atoms with Crippen molar-refractivity contribution in [2.45, 2.75) is 52.9 Å². The Hall–Kier alpha value is -2.81. The molecule has 2 aliphatic rings. The maximum Gasteiger partial charge on any atom is 0.252 e. The fourth-order valence-electron chi connectivity index (χ4n) is 4.62. The van der Waals surface area contributed by atoms with E-state index in [0.29, 0.717) is 36.6 Å². The molecule has 0 atom stereocenters. The summed E-state index contributed by atoms with van der Waals surface area (Å²) in [4.78, 5) is 38.2. The third-order valence-electron chi connectivity index (χ3n) is 6.26. The fraction of sp³-hybridized carbons (Fsp3) is 0.609. The predicted octanol–water partition coefficient (Wildman–Crippen LogP) is 2.25. The molecule has 0 aromatic carbocycles. The molecule has 2 aromatic heterocycles. The van der Waals surface area contributed by atoms with Crippen LogP contribution in [-0.4, -0.2) is 74.1 Å². The van der Waals surface area contributed by atoms with Gasteiger partial charge in [-0.1, -0.05) is 0 Å². The molecule has 4 heterocycles. The van der Waals surface area contributed by atoms with Gasteiger partial charge >= 0.3 is 0 Å². The number of aromatic nitrogens is 4. The van der Waals surface area contributed by atoms with Crippen molar-refractivity contribution in [1.82, 2.24) is 29.5 Å². The van der Waals surface area contributed by atoms with Crippen LogP contribution >= 0.6 is 0 Å². The smallest absolute Gasteiger partial charge is 0.252 e. The number of nitrogens with zero attached hydrogens (tertiary/aromatic N) is 6. The van der Waals surface area contributed by atoms with E-state index in [1.807, 2.05) is 37.8 Å². The number of amides is 2. The average molecular weight is 440 g/mol. The number of piperidine rings is 1. The number of anilines is 1. The minimum absolute atomic E-state index is 0.0814. The Morgan fingerprint density at radius 3 is 2.28 bits per heavy atom. The van der Waals surface area contributed by atoms with Crippen LogP contribution in [0.25, 0.3) is 5.95 Å². The molecule has 9 heteroatoms. The second kappa shape index (κ2) is 9.77. The van der Waals surface area contributed by atoms with E-state index in [1.165, 1.54) is 0 Å². The summed E-state index contributed by atoms with van der Waals surface area (Å²) in [6.07, 6.45) is 4.83. The second-order valence-electron chi connectivity index (χ2n) is 9.09. The number of carbonyl (C=O) groups excluding carboxylic acids is 2. The Morgan fingerprint density at radius 2 is 1.62 bits per heavy atom. The number of hydrogen-bond acceptors (Lipinski definition) is 6. The van der Waals surface area contributed by atoms with E-state index in [2.05, 4.69) is 25.3 Å². The molecule has 0 saturated carbocycles. The first-order valence-electron chi connectivity index (χ1n) is 11.6. The van der Waals surface area contributed by atoms with Crippen LogP contribution in [-0.2, 0) is 9.59 Å². The van der Waals surface area contributed by atoms with E-state index >= 15 is 0 Å². The van der Waals surface area contributed by atoms with E-state index in [4.69, 9.17) is 0 Å². The number of likely N-dealkylation sites (tertiary alicyclic amines) is 2. The summed E-state index contributed by atoms with van der Waals surface area (Å²) in [6.45, 7) is 9.54. The molecule has 1 N–H and O–H groups in total. The van der Waals surface area contributed by atoms with E-state index in [0.717, 1.165) is 68.9 Å². The first kappa shape index (κ1) is 22.4. The van der Waals surface area contributed by atoms with E-state index in [9.17, 15) is 9.59 Å². The molecule has 0 radical (unpaired) electrons. The second-order valence-corrected chi connectivity index (χ2v) is 9.09. The van der Waals surface area contributed by atoms with Crippen LogP contribution in [0.15, 0.2) is 12.1 Å². The number of hydrogen-bond donors (Lipinski definition) is 1. The summed E-state index contributed by atoms with van der Waals surface area (Å²) in [7, 11) is 0. The Balaban J connectivity index is 1.30. The van der Waals surface area contributed by atoms with Crippen molar-refractivity contribution < 1.29 is 9.59 Å². The Bertz CT molecular complexity index is 952. The molecule has 2 aromatic rings. The van der Waals surface area contributed by atoms with Gasteiger partial charge in [-0.05, 0) is 71.5 Å². The standard InChI is InChI=1S/C23H33N7O2/c1-16-12-17(2)25-23(24-16)30-20(13-18(3)27-30)26-21(31)15-28-10-6-19(7-11-28)14-22(32)29-8-4-5-9-29/h12-13,19H,4-11,14-15H2,1-3H3,(H,26,31). The van der Waals surface area contributed by atoms with Gasteiger partial charge in [0.15, 0.2) is 0 Å². The van der Waals surface area contributed by atoms with Crippen LogP contribution in [0.5, 0.6) is 0 Å². The molecule has 2 amide bonds. The van der Waals surface area contributed by atoms with Gasteiger partial charge in [0.25, 0.3) is 5.95 Å². The molecule has 2 saturated heterocycles. The van der Waals surface area contributed by atoms with Gasteiger partial charge in [0.2, 0.25) is 11.8 Å². The maximum atomic E-state index is 12.7. The highest BCUT2D eigenvalue weighted by molar-refractivity contribution is 5.91. The van der Waals surface area contributed by atoms with Crippen molar-refractivity contribution in [3.8, 4) is 5.95 Å². The van der Waals surface area contributed by atoms with Crippen LogP contribution in [0.2, 0.25) is 0 Å².